The summed E-state index contributed by atoms with van der Waals surface area (Å²) < 4.78 is 25.2. The van der Waals surface area contributed by atoms with Crippen molar-refractivity contribution in [3.05, 3.63) is 72.8 Å². The Balaban J connectivity index is 1.37. The van der Waals surface area contributed by atoms with Crippen LogP contribution in [-0.2, 0) is 9.31 Å². The lowest BCUT2D eigenvalue weighted by Gasteiger charge is -2.32. The predicted molar refractivity (Wildman–Crippen MR) is 140 cm³/mol. The van der Waals surface area contributed by atoms with Crippen LogP contribution in [0.1, 0.15) is 27.7 Å². The Kier molecular flexibility index (Phi) is 4.13. The number of fused-ring (bicyclic) bond motifs is 6. The van der Waals surface area contributed by atoms with Crippen molar-refractivity contribution < 1.29 is 18.1 Å². The fourth-order valence-corrected chi connectivity index (χ4v) is 4.89. The zero-order valence-corrected chi connectivity index (χ0v) is 20.1. The summed E-state index contributed by atoms with van der Waals surface area (Å²) in [4.78, 5) is 4.80. The quantitative estimate of drug-likeness (QED) is 0.264. The summed E-state index contributed by atoms with van der Waals surface area (Å²) in [5, 5.41) is 4.27. The van der Waals surface area contributed by atoms with E-state index in [0.717, 1.165) is 43.7 Å². The number of aromatic nitrogens is 1. The van der Waals surface area contributed by atoms with Crippen LogP contribution in [0.15, 0.2) is 81.6 Å². The molecule has 0 unspecified atom stereocenters. The molecule has 0 amide bonds. The maximum atomic E-state index is 6.36. The molecule has 172 valence electrons. The molecule has 5 nitrogen and oxygen atoms in total. The molecule has 1 aliphatic heterocycles. The van der Waals surface area contributed by atoms with Crippen molar-refractivity contribution in [2.24, 2.45) is 0 Å². The maximum absolute atomic E-state index is 6.36. The fourth-order valence-electron chi connectivity index (χ4n) is 4.89. The van der Waals surface area contributed by atoms with Gasteiger partial charge in [0.25, 0.3) is 0 Å². The minimum atomic E-state index is -0.444. The van der Waals surface area contributed by atoms with Gasteiger partial charge in [-0.3, -0.25) is 0 Å². The molecule has 0 radical (unpaired) electrons. The van der Waals surface area contributed by atoms with E-state index in [-0.39, 0.29) is 0 Å². The van der Waals surface area contributed by atoms with Gasteiger partial charge in [0.2, 0.25) is 5.89 Å². The van der Waals surface area contributed by atoms with Crippen molar-refractivity contribution in [1.82, 2.24) is 4.98 Å². The number of hydrogen-bond acceptors (Lipinski definition) is 5. The summed E-state index contributed by atoms with van der Waals surface area (Å²) in [7, 11) is -0.444. The van der Waals surface area contributed by atoms with Crippen LogP contribution in [-0.4, -0.2) is 23.3 Å². The Hall–Kier alpha value is -3.61. The van der Waals surface area contributed by atoms with Crippen molar-refractivity contribution in [2.45, 2.75) is 38.9 Å². The SMILES string of the molecule is CC1(C)OB(c2ccc3c(c2)oc2c3ccc3nc(-c4cccc5ccccc45)oc32)OC1(C)C. The summed E-state index contributed by atoms with van der Waals surface area (Å²) in [6, 6.07) is 24.6. The molecule has 7 rings (SSSR count). The molecule has 3 heterocycles. The summed E-state index contributed by atoms with van der Waals surface area (Å²) in [5.41, 5.74) is 3.98. The lowest BCUT2D eigenvalue weighted by molar-refractivity contribution is 0.00578. The Labute approximate surface area is 202 Å². The lowest BCUT2D eigenvalue weighted by Crippen LogP contribution is -2.41. The van der Waals surface area contributed by atoms with E-state index in [1.165, 1.54) is 0 Å². The second-order valence-corrected chi connectivity index (χ2v) is 10.3. The standard InChI is InChI=1S/C29H24BNO4/c1-28(2)29(3,4)35-30(34-28)18-12-13-20-21-14-15-23-26(25(21)32-24(20)16-18)33-27(31-23)22-11-7-9-17-8-5-6-10-19(17)22/h5-16H,1-4H3. The van der Waals surface area contributed by atoms with E-state index < -0.39 is 18.3 Å². The number of hydrogen-bond donors (Lipinski definition) is 0. The van der Waals surface area contributed by atoms with E-state index >= 15 is 0 Å². The highest BCUT2D eigenvalue weighted by molar-refractivity contribution is 6.62. The van der Waals surface area contributed by atoms with E-state index in [4.69, 9.17) is 23.1 Å². The van der Waals surface area contributed by atoms with Gasteiger partial charge in [-0.05, 0) is 68.2 Å². The molecule has 1 saturated heterocycles. The van der Waals surface area contributed by atoms with E-state index in [1.54, 1.807) is 0 Å². The Morgan fingerprint density at radius 1 is 0.686 bits per heavy atom. The Morgan fingerprint density at radius 2 is 1.43 bits per heavy atom. The van der Waals surface area contributed by atoms with E-state index in [1.807, 2.05) is 48.5 Å². The molecule has 1 aliphatic rings. The van der Waals surface area contributed by atoms with Crippen LogP contribution in [0.4, 0.5) is 0 Å². The van der Waals surface area contributed by atoms with Crippen LogP contribution in [0.2, 0.25) is 0 Å². The first-order chi connectivity index (χ1) is 16.8. The molecule has 0 N–H and O–H groups in total. The predicted octanol–water partition coefficient (Wildman–Crippen LogP) is 6.85. The molecule has 0 saturated carbocycles. The molecule has 0 atom stereocenters. The monoisotopic (exact) mass is 461 g/mol. The zero-order valence-electron chi connectivity index (χ0n) is 20.1. The molecular formula is C29H24BNO4. The van der Waals surface area contributed by atoms with Crippen molar-refractivity contribution in [2.75, 3.05) is 0 Å². The molecule has 35 heavy (non-hydrogen) atoms. The van der Waals surface area contributed by atoms with Gasteiger partial charge < -0.3 is 18.1 Å². The highest BCUT2D eigenvalue weighted by atomic mass is 16.7. The molecule has 0 aliphatic carbocycles. The summed E-state index contributed by atoms with van der Waals surface area (Å²) in [6.07, 6.45) is 0. The fraction of sp³-hybridized carbons (Fsp3) is 0.207. The number of rotatable bonds is 2. The minimum absolute atomic E-state index is 0.398. The largest absolute Gasteiger partial charge is 0.494 e. The summed E-state index contributed by atoms with van der Waals surface area (Å²) in [6.45, 7) is 8.23. The number of oxazole rings is 1. The van der Waals surface area contributed by atoms with Gasteiger partial charge in [-0.15, -0.1) is 0 Å². The first-order valence-electron chi connectivity index (χ1n) is 11.9. The maximum Gasteiger partial charge on any atom is 0.494 e. The van der Waals surface area contributed by atoms with Crippen molar-refractivity contribution in [3.63, 3.8) is 0 Å². The first kappa shape index (κ1) is 20.7. The zero-order chi connectivity index (χ0) is 23.9. The molecular weight excluding hydrogens is 437 g/mol. The average molecular weight is 461 g/mol. The Morgan fingerprint density at radius 3 is 2.26 bits per heavy atom. The highest BCUT2D eigenvalue weighted by Crippen LogP contribution is 2.39. The van der Waals surface area contributed by atoms with Crippen LogP contribution >= 0.6 is 0 Å². The number of nitrogens with zero attached hydrogens (tertiary/aromatic N) is 1. The second-order valence-electron chi connectivity index (χ2n) is 10.3. The smallest absolute Gasteiger partial charge is 0.452 e. The van der Waals surface area contributed by atoms with Crippen molar-refractivity contribution >= 4 is 56.4 Å². The minimum Gasteiger partial charge on any atom is -0.452 e. The first-order valence-corrected chi connectivity index (χ1v) is 11.9. The molecule has 2 aromatic heterocycles. The normalized spacial score (nSPS) is 17.3. The van der Waals surface area contributed by atoms with Gasteiger partial charge in [0.1, 0.15) is 11.1 Å². The second kappa shape index (κ2) is 6.97. The number of benzene rings is 4. The van der Waals surface area contributed by atoms with E-state index in [9.17, 15) is 0 Å². The third kappa shape index (κ3) is 3.00. The molecule has 6 aromatic rings. The number of furan rings is 1. The molecule has 6 heteroatoms. The summed E-state index contributed by atoms with van der Waals surface area (Å²) >= 11 is 0. The van der Waals surface area contributed by atoms with Gasteiger partial charge in [0.05, 0.1) is 11.2 Å². The van der Waals surface area contributed by atoms with Gasteiger partial charge in [-0.25, -0.2) is 4.98 Å². The topological polar surface area (TPSA) is 57.6 Å². The van der Waals surface area contributed by atoms with Gasteiger partial charge in [0.15, 0.2) is 11.2 Å². The van der Waals surface area contributed by atoms with Crippen LogP contribution in [0.5, 0.6) is 0 Å². The third-order valence-electron chi connectivity index (χ3n) is 7.57. The van der Waals surface area contributed by atoms with Crippen molar-refractivity contribution in [1.29, 1.82) is 0 Å². The third-order valence-corrected chi connectivity index (χ3v) is 7.57. The average Bonchev–Trinajstić information content (AvgIpc) is 3.49. The van der Waals surface area contributed by atoms with Gasteiger partial charge >= 0.3 is 7.12 Å². The van der Waals surface area contributed by atoms with Gasteiger partial charge in [0, 0.05) is 16.3 Å². The van der Waals surface area contributed by atoms with Crippen LogP contribution in [0, 0.1) is 0 Å². The van der Waals surface area contributed by atoms with Crippen LogP contribution < -0.4 is 5.46 Å². The Bertz CT molecular complexity index is 1760. The van der Waals surface area contributed by atoms with Crippen molar-refractivity contribution in [3.8, 4) is 11.5 Å². The van der Waals surface area contributed by atoms with Gasteiger partial charge in [-0.1, -0.05) is 48.5 Å². The van der Waals surface area contributed by atoms with E-state index in [0.29, 0.717) is 17.1 Å². The van der Waals surface area contributed by atoms with Gasteiger partial charge in [-0.2, -0.15) is 0 Å². The van der Waals surface area contributed by atoms with Crippen LogP contribution in [0.25, 0.3) is 55.3 Å². The summed E-state index contributed by atoms with van der Waals surface area (Å²) in [5.74, 6) is 0.586. The molecule has 0 spiro atoms. The molecule has 0 bridgehead atoms. The lowest BCUT2D eigenvalue weighted by atomic mass is 9.79. The molecule has 4 aromatic carbocycles. The van der Waals surface area contributed by atoms with Crippen LogP contribution in [0.3, 0.4) is 0 Å². The van der Waals surface area contributed by atoms with E-state index in [2.05, 4.69) is 52.0 Å². The molecule has 1 fully saturated rings. The highest BCUT2D eigenvalue weighted by Gasteiger charge is 2.51.